The van der Waals surface area contributed by atoms with E-state index >= 15 is 0 Å². The molecule has 0 amide bonds. The van der Waals surface area contributed by atoms with Crippen LogP contribution in [0, 0.1) is 22.7 Å². The van der Waals surface area contributed by atoms with Crippen molar-refractivity contribution in [1.82, 2.24) is 0 Å². The highest BCUT2D eigenvalue weighted by atomic mass is 16.5. The van der Waals surface area contributed by atoms with Crippen LogP contribution in [-0.2, 0) is 14.3 Å². The van der Waals surface area contributed by atoms with Crippen molar-refractivity contribution in [3.05, 3.63) is 23.8 Å². The van der Waals surface area contributed by atoms with Gasteiger partial charge in [-0.05, 0) is 66.8 Å². The van der Waals surface area contributed by atoms with Crippen LogP contribution in [-0.4, -0.2) is 34.9 Å². The quantitative estimate of drug-likeness (QED) is 0.413. The van der Waals surface area contributed by atoms with Gasteiger partial charge in [0.25, 0.3) is 0 Å². The zero-order valence-corrected chi connectivity index (χ0v) is 17.1. The molecule has 0 aliphatic heterocycles. The van der Waals surface area contributed by atoms with Gasteiger partial charge in [0.1, 0.15) is 6.61 Å². The summed E-state index contributed by atoms with van der Waals surface area (Å²) in [5.74, 6) is -0.722. The lowest BCUT2D eigenvalue weighted by atomic mass is 9.46. The zero-order chi connectivity index (χ0) is 20.4. The van der Waals surface area contributed by atoms with E-state index in [4.69, 9.17) is 9.84 Å². The smallest absolute Gasteiger partial charge is 0.328 e. The molecule has 0 heterocycles. The standard InChI is InChI=1S/C22H34O5/c1-14-6-9-19-21(3,4)11-17(24)12-22(19,5)18(14)8-7-16(10-20(25)26)13-27-15(2)23/h10,17-19,24H,1,6-9,11-13H2,2-5H3,(H,25,26)/b16-10+/t17-,18-,19-,22+/m1/s1. The van der Waals surface area contributed by atoms with Crippen LogP contribution >= 0.6 is 0 Å². The maximum absolute atomic E-state index is 11.1. The molecule has 5 nitrogen and oxygen atoms in total. The molecule has 0 unspecified atom stereocenters. The fraction of sp³-hybridized carbons (Fsp3) is 0.727. The normalized spacial score (nSPS) is 33.3. The van der Waals surface area contributed by atoms with Gasteiger partial charge in [-0.2, -0.15) is 0 Å². The molecule has 2 saturated carbocycles. The molecular formula is C22H34O5. The third kappa shape index (κ3) is 5.01. The van der Waals surface area contributed by atoms with Crippen LogP contribution in [0.1, 0.15) is 66.2 Å². The van der Waals surface area contributed by atoms with Crippen molar-refractivity contribution in [3.8, 4) is 0 Å². The Morgan fingerprint density at radius 1 is 1.30 bits per heavy atom. The van der Waals surface area contributed by atoms with Crippen molar-refractivity contribution in [3.63, 3.8) is 0 Å². The van der Waals surface area contributed by atoms with E-state index in [2.05, 4.69) is 27.4 Å². The molecule has 27 heavy (non-hydrogen) atoms. The monoisotopic (exact) mass is 378 g/mol. The van der Waals surface area contributed by atoms with E-state index in [1.54, 1.807) is 0 Å². The first-order valence-electron chi connectivity index (χ1n) is 9.87. The van der Waals surface area contributed by atoms with E-state index in [9.17, 15) is 14.7 Å². The van der Waals surface area contributed by atoms with Gasteiger partial charge in [-0.1, -0.05) is 32.9 Å². The number of aliphatic hydroxyl groups is 1. The molecule has 152 valence electrons. The highest BCUT2D eigenvalue weighted by molar-refractivity contribution is 5.80. The first kappa shape index (κ1) is 21.7. The Bertz CT molecular complexity index is 633. The number of hydrogen-bond acceptors (Lipinski definition) is 4. The summed E-state index contributed by atoms with van der Waals surface area (Å²) in [6.07, 6.45) is 5.79. The second-order valence-corrected chi connectivity index (χ2v) is 9.32. The molecule has 2 rings (SSSR count). The van der Waals surface area contributed by atoms with Crippen molar-refractivity contribution >= 4 is 11.9 Å². The van der Waals surface area contributed by atoms with E-state index in [1.165, 1.54) is 12.5 Å². The summed E-state index contributed by atoms with van der Waals surface area (Å²) in [4.78, 5) is 22.2. The summed E-state index contributed by atoms with van der Waals surface area (Å²) >= 11 is 0. The molecule has 4 atom stereocenters. The Morgan fingerprint density at radius 3 is 2.56 bits per heavy atom. The van der Waals surface area contributed by atoms with Crippen molar-refractivity contribution in [1.29, 1.82) is 0 Å². The number of esters is 1. The summed E-state index contributed by atoms with van der Waals surface area (Å²) in [5.41, 5.74) is 1.82. The minimum absolute atomic E-state index is 0.00902. The number of carbonyl (C=O) groups is 2. The van der Waals surface area contributed by atoms with Crippen molar-refractivity contribution < 1.29 is 24.5 Å². The van der Waals surface area contributed by atoms with Gasteiger partial charge in [0, 0.05) is 13.0 Å². The Labute approximate surface area is 162 Å². The number of carboxylic acids is 1. The predicted molar refractivity (Wildman–Crippen MR) is 104 cm³/mol. The number of ether oxygens (including phenoxy) is 1. The Balaban J connectivity index is 2.20. The number of aliphatic hydroxyl groups excluding tert-OH is 1. The van der Waals surface area contributed by atoms with E-state index < -0.39 is 11.9 Å². The van der Waals surface area contributed by atoms with Crippen molar-refractivity contribution in [2.24, 2.45) is 22.7 Å². The molecule has 2 fully saturated rings. The van der Waals surface area contributed by atoms with Gasteiger partial charge >= 0.3 is 11.9 Å². The predicted octanol–water partition coefficient (Wildman–Crippen LogP) is 4.11. The summed E-state index contributed by atoms with van der Waals surface area (Å²) in [6, 6.07) is 0. The molecule has 0 aromatic carbocycles. The van der Waals surface area contributed by atoms with Crippen LogP contribution < -0.4 is 0 Å². The average Bonchev–Trinajstić information content (AvgIpc) is 2.49. The number of aliphatic carboxylic acids is 1. The number of hydrogen-bond donors (Lipinski definition) is 2. The Hall–Kier alpha value is -1.62. The van der Waals surface area contributed by atoms with Gasteiger partial charge in [0.2, 0.25) is 0 Å². The maximum Gasteiger partial charge on any atom is 0.328 e. The van der Waals surface area contributed by atoms with Gasteiger partial charge in [0.15, 0.2) is 0 Å². The van der Waals surface area contributed by atoms with Crippen molar-refractivity contribution in [2.45, 2.75) is 72.3 Å². The van der Waals surface area contributed by atoms with Crippen LogP contribution in [0.25, 0.3) is 0 Å². The van der Waals surface area contributed by atoms with E-state index in [0.717, 1.165) is 38.2 Å². The molecule has 0 saturated heterocycles. The van der Waals surface area contributed by atoms with Gasteiger partial charge in [-0.25, -0.2) is 4.79 Å². The molecule has 2 aliphatic carbocycles. The first-order valence-corrected chi connectivity index (χ1v) is 9.87. The van der Waals surface area contributed by atoms with Gasteiger partial charge in [-0.3, -0.25) is 4.79 Å². The summed E-state index contributed by atoms with van der Waals surface area (Å²) in [5, 5.41) is 19.6. The minimum Gasteiger partial charge on any atom is -0.478 e. The topological polar surface area (TPSA) is 83.8 Å². The lowest BCUT2D eigenvalue weighted by Crippen LogP contribution is -2.53. The lowest BCUT2D eigenvalue weighted by molar-refractivity contribution is -0.140. The second-order valence-electron chi connectivity index (χ2n) is 9.32. The van der Waals surface area contributed by atoms with Crippen LogP contribution in [0.15, 0.2) is 23.8 Å². The fourth-order valence-corrected chi connectivity index (χ4v) is 5.86. The number of allylic oxidation sites excluding steroid dienone is 1. The molecule has 0 aromatic heterocycles. The average molecular weight is 379 g/mol. The van der Waals surface area contributed by atoms with Gasteiger partial charge < -0.3 is 14.9 Å². The molecule has 2 N–H and O–H groups in total. The molecule has 5 heteroatoms. The summed E-state index contributed by atoms with van der Waals surface area (Å²) in [7, 11) is 0. The van der Waals surface area contributed by atoms with E-state index in [1.807, 2.05) is 0 Å². The Kier molecular flexibility index (Phi) is 6.56. The lowest BCUT2D eigenvalue weighted by Gasteiger charge is -2.59. The van der Waals surface area contributed by atoms with Crippen LogP contribution in [0.3, 0.4) is 0 Å². The minimum atomic E-state index is -1.03. The number of carbonyl (C=O) groups excluding carboxylic acids is 1. The van der Waals surface area contributed by atoms with Gasteiger partial charge in [0.05, 0.1) is 6.10 Å². The van der Waals surface area contributed by atoms with E-state index in [0.29, 0.717) is 17.9 Å². The molecule has 0 aromatic rings. The van der Waals surface area contributed by atoms with Gasteiger partial charge in [-0.15, -0.1) is 0 Å². The Morgan fingerprint density at radius 2 is 1.96 bits per heavy atom. The molecule has 0 bridgehead atoms. The van der Waals surface area contributed by atoms with Crippen LogP contribution in [0.4, 0.5) is 0 Å². The fourth-order valence-electron chi connectivity index (χ4n) is 5.86. The number of carboxylic acid groups (broad SMARTS) is 1. The van der Waals surface area contributed by atoms with Crippen LogP contribution in [0.2, 0.25) is 0 Å². The maximum atomic E-state index is 11.1. The highest BCUT2D eigenvalue weighted by Gasteiger charge is 2.54. The first-order chi connectivity index (χ1) is 12.5. The largest absolute Gasteiger partial charge is 0.478 e. The number of fused-ring (bicyclic) bond motifs is 1. The summed E-state index contributed by atoms with van der Waals surface area (Å²) < 4.78 is 5.02. The third-order valence-corrected chi connectivity index (χ3v) is 6.76. The second kappa shape index (κ2) is 8.17. The van der Waals surface area contributed by atoms with Crippen molar-refractivity contribution in [2.75, 3.05) is 6.61 Å². The molecule has 0 spiro atoms. The third-order valence-electron chi connectivity index (χ3n) is 6.76. The SMILES string of the molecule is C=C1CC[C@@H]2C(C)(C)C[C@@H](O)C[C@@]2(C)[C@@H]1CC/C(=C\C(=O)O)COC(C)=O. The zero-order valence-electron chi connectivity index (χ0n) is 17.1. The highest BCUT2D eigenvalue weighted by Crippen LogP contribution is 2.61. The molecule has 0 radical (unpaired) electrons. The molecule has 2 aliphatic rings. The summed E-state index contributed by atoms with van der Waals surface area (Å²) in [6.45, 7) is 12.4. The molecular weight excluding hydrogens is 344 g/mol. The van der Waals surface area contributed by atoms with Crippen LogP contribution in [0.5, 0.6) is 0 Å². The van der Waals surface area contributed by atoms with E-state index in [-0.39, 0.29) is 29.5 Å². The number of rotatable bonds is 6.